The summed E-state index contributed by atoms with van der Waals surface area (Å²) >= 11 is 8.89. The van der Waals surface area contributed by atoms with Crippen molar-refractivity contribution in [3.63, 3.8) is 0 Å². The summed E-state index contributed by atoms with van der Waals surface area (Å²) < 4.78 is 28.0. The third-order valence-electron chi connectivity index (χ3n) is 2.96. The Morgan fingerprint density at radius 1 is 1.21 bits per heavy atom. The van der Waals surface area contributed by atoms with Crippen LogP contribution >= 0.6 is 27.5 Å². The van der Waals surface area contributed by atoms with Gasteiger partial charge >= 0.3 is 0 Å². The average Bonchev–Trinajstić information content (AvgIpc) is 2.34. The molecule has 0 spiro atoms. The van der Waals surface area contributed by atoms with Crippen LogP contribution in [0.4, 0.5) is 8.78 Å². The Kier molecular flexibility index (Phi) is 4.23. The number of hydrogen-bond acceptors (Lipinski definition) is 1. The van der Waals surface area contributed by atoms with Gasteiger partial charge in [-0.1, -0.05) is 17.7 Å². The minimum atomic E-state index is -0.880. The Morgan fingerprint density at radius 3 is 2.53 bits per heavy atom. The van der Waals surface area contributed by atoms with Gasteiger partial charge in [0, 0.05) is 10.6 Å². The van der Waals surface area contributed by atoms with Gasteiger partial charge in [0.15, 0.2) is 0 Å². The first-order chi connectivity index (χ1) is 8.91. The topological polar surface area (TPSA) is 26.0 Å². The monoisotopic (exact) mass is 345 g/mol. The molecule has 1 nitrogen and oxygen atoms in total. The van der Waals surface area contributed by atoms with Crippen LogP contribution in [0.1, 0.15) is 22.7 Å². The Morgan fingerprint density at radius 2 is 1.89 bits per heavy atom. The highest BCUT2D eigenvalue weighted by molar-refractivity contribution is 9.10. The number of nitrogens with two attached hydrogens (primary N) is 1. The number of hydrogen-bond donors (Lipinski definition) is 1. The van der Waals surface area contributed by atoms with Crippen molar-refractivity contribution in [3.8, 4) is 0 Å². The van der Waals surface area contributed by atoms with Gasteiger partial charge in [0.1, 0.15) is 11.6 Å². The first-order valence-corrected chi connectivity index (χ1v) is 6.74. The van der Waals surface area contributed by atoms with Gasteiger partial charge in [-0.15, -0.1) is 0 Å². The van der Waals surface area contributed by atoms with Crippen molar-refractivity contribution in [1.29, 1.82) is 0 Å². The van der Waals surface area contributed by atoms with E-state index in [4.69, 9.17) is 17.3 Å². The second-order valence-corrected chi connectivity index (χ2v) is 5.53. The summed E-state index contributed by atoms with van der Waals surface area (Å²) in [4.78, 5) is 0. The summed E-state index contributed by atoms with van der Waals surface area (Å²) in [7, 11) is 0. The van der Waals surface area contributed by atoms with Gasteiger partial charge < -0.3 is 5.73 Å². The maximum atomic E-state index is 14.0. The first kappa shape index (κ1) is 14.4. The van der Waals surface area contributed by atoms with Gasteiger partial charge in [0.25, 0.3) is 0 Å². The predicted molar refractivity (Wildman–Crippen MR) is 76.3 cm³/mol. The van der Waals surface area contributed by atoms with E-state index in [1.54, 1.807) is 25.1 Å². The van der Waals surface area contributed by atoms with Gasteiger partial charge in [-0.05, 0) is 58.2 Å². The highest BCUT2D eigenvalue weighted by atomic mass is 79.9. The fourth-order valence-electron chi connectivity index (χ4n) is 1.97. The molecular formula is C14H11BrClF2N. The number of aryl methyl sites for hydroxylation is 1. The molecule has 19 heavy (non-hydrogen) atoms. The minimum absolute atomic E-state index is 0.153. The maximum absolute atomic E-state index is 14.0. The molecule has 1 unspecified atom stereocenters. The zero-order chi connectivity index (χ0) is 14.2. The highest BCUT2D eigenvalue weighted by Crippen LogP contribution is 2.31. The smallest absolute Gasteiger partial charge is 0.145 e. The Balaban J connectivity index is 2.56. The van der Waals surface area contributed by atoms with E-state index >= 15 is 0 Å². The third-order valence-corrected chi connectivity index (χ3v) is 3.80. The SMILES string of the molecule is Cc1cc(Cl)ccc1C(N)c1c(F)ccc(Br)c1F. The molecule has 0 fully saturated rings. The molecule has 2 aromatic rings. The molecule has 2 N–H and O–H groups in total. The lowest BCUT2D eigenvalue weighted by Crippen LogP contribution is -2.17. The summed E-state index contributed by atoms with van der Waals surface area (Å²) in [5.41, 5.74) is 7.27. The molecule has 0 aliphatic rings. The molecule has 0 aliphatic heterocycles. The summed E-state index contributed by atoms with van der Waals surface area (Å²) in [6.45, 7) is 1.80. The number of halogens is 4. The predicted octanol–water partition coefficient (Wildman–Crippen LogP) is 4.74. The second kappa shape index (κ2) is 5.57. The molecule has 0 aromatic heterocycles. The van der Waals surface area contributed by atoms with Crippen LogP contribution in [-0.2, 0) is 0 Å². The maximum Gasteiger partial charge on any atom is 0.145 e. The minimum Gasteiger partial charge on any atom is -0.320 e. The van der Waals surface area contributed by atoms with Crippen molar-refractivity contribution in [2.45, 2.75) is 13.0 Å². The third kappa shape index (κ3) is 2.81. The van der Waals surface area contributed by atoms with Crippen LogP contribution in [0.2, 0.25) is 5.02 Å². The molecule has 0 aliphatic carbocycles. The lowest BCUT2D eigenvalue weighted by atomic mass is 9.95. The van der Waals surface area contributed by atoms with E-state index in [9.17, 15) is 8.78 Å². The average molecular weight is 347 g/mol. The quantitative estimate of drug-likeness (QED) is 0.781. The van der Waals surface area contributed by atoms with E-state index in [0.29, 0.717) is 10.6 Å². The summed E-state index contributed by atoms with van der Waals surface area (Å²) in [6.07, 6.45) is 0. The van der Waals surface area contributed by atoms with Crippen molar-refractivity contribution in [2.75, 3.05) is 0 Å². The van der Waals surface area contributed by atoms with E-state index in [-0.39, 0.29) is 10.0 Å². The van der Waals surface area contributed by atoms with Crippen LogP contribution in [-0.4, -0.2) is 0 Å². The fraction of sp³-hybridized carbons (Fsp3) is 0.143. The largest absolute Gasteiger partial charge is 0.320 e. The summed E-state index contributed by atoms with van der Waals surface area (Å²) in [5.74, 6) is -1.34. The van der Waals surface area contributed by atoms with E-state index in [1.165, 1.54) is 12.1 Å². The second-order valence-electron chi connectivity index (χ2n) is 4.24. The van der Waals surface area contributed by atoms with E-state index in [2.05, 4.69) is 15.9 Å². The van der Waals surface area contributed by atoms with E-state index in [0.717, 1.165) is 5.56 Å². The van der Waals surface area contributed by atoms with Crippen LogP contribution in [0.25, 0.3) is 0 Å². The van der Waals surface area contributed by atoms with Crippen LogP contribution in [0.3, 0.4) is 0 Å². The van der Waals surface area contributed by atoms with Gasteiger partial charge in [-0.2, -0.15) is 0 Å². The van der Waals surface area contributed by atoms with Gasteiger partial charge in [-0.25, -0.2) is 8.78 Å². The van der Waals surface area contributed by atoms with Crippen molar-refractivity contribution in [1.82, 2.24) is 0 Å². The summed E-state index contributed by atoms with van der Waals surface area (Å²) in [6, 6.07) is 6.67. The van der Waals surface area contributed by atoms with Gasteiger partial charge in [0.05, 0.1) is 10.5 Å². The van der Waals surface area contributed by atoms with Crippen LogP contribution in [0.5, 0.6) is 0 Å². The van der Waals surface area contributed by atoms with E-state index < -0.39 is 17.7 Å². The molecule has 1 atom stereocenters. The highest BCUT2D eigenvalue weighted by Gasteiger charge is 2.21. The molecule has 2 aromatic carbocycles. The Bertz CT molecular complexity index is 631. The molecule has 100 valence electrons. The molecule has 0 saturated carbocycles. The molecule has 5 heteroatoms. The van der Waals surface area contributed by atoms with Crippen molar-refractivity contribution in [2.24, 2.45) is 5.73 Å². The normalized spacial score (nSPS) is 12.5. The lowest BCUT2D eigenvalue weighted by molar-refractivity contribution is 0.539. The van der Waals surface area contributed by atoms with Gasteiger partial charge in [0.2, 0.25) is 0 Å². The van der Waals surface area contributed by atoms with Crippen molar-refractivity contribution < 1.29 is 8.78 Å². The first-order valence-electron chi connectivity index (χ1n) is 5.57. The molecule has 0 heterocycles. The lowest BCUT2D eigenvalue weighted by Gasteiger charge is -2.17. The Hall–Kier alpha value is -0.970. The molecule has 0 radical (unpaired) electrons. The molecular weight excluding hydrogens is 336 g/mol. The zero-order valence-corrected chi connectivity index (χ0v) is 12.4. The van der Waals surface area contributed by atoms with Crippen LogP contribution < -0.4 is 5.73 Å². The standard InChI is InChI=1S/C14H11BrClF2N/c1-7-6-8(16)2-3-9(7)14(19)12-11(17)5-4-10(15)13(12)18/h2-6,14H,19H2,1H3. The van der Waals surface area contributed by atoms with E-state index in [1.807, 2.05) is 0 Å². The molecule has 0 saturated heterocycles. The summed E-state index contributed by atoms with van der Waals surface area (Å²) in [5, 5.41) is 0.559. The molecule has 0 amide bonds. The van der Waals surface area contributed by atoms with Crippen LogP contribution in [0.15, 0.2) is 34.8 Å². The fourth-order valence-corrected chi connectivity index (χ4v) is 2.54. The van der Waals surface area contributed by atoms with Crippen LogP contribution in [0, 0.1) is 18.6 Å². The molecule has 2 rings (SSSR count). The Labute approximate surface area is 123 Å². The van der Waals surface area contributed by atoms with Gasteiger partial charge in [-0.3, -0.25) is 0 Å². The number of benzene rings is 2. The zero-order valence-electron chi connectivity index (χ0n) is 10.1. The van der Waals surface area contributed by atoms with Crippen molar-refractivity contribution in [3.05, 3.63) is 68.2 Å². The number of rotatable bonds is 2. The molecule has 0 bridgehead atoms. The van der Waals surface area contributed by atoms with Crippen molar-refractivity contribution >= 4 is 27.5 Å².